The topological polar surface area (TPSA) is 86.9 Å². The molecule has 2 rings (SSSR count). The maximum Gasteiger partial charge on any atom is 0.269 e. The van der Waals surface area contributed by atoms with Gasteiger partial charge < -0.3 is 11.5 Å². The van der Waals surface area contributed by atoms with E-state index in [4.69, 9.17) is 23.7 Å². The maximum atomic E-state index is 11.0. The van der Waals surface area contributed by atoms with Crippen LogP contribution in [0.2, 0.25) is 0 Å². The second-order valence-electron chi connectivity index (χ2n) is 3.89. The minimum Gasteiger partial charge on any atom is -0.389 e. The van der Waals surface area contributed by atoms with Gasteiger partial charge in [0.05, 0.1) is 5.69 Å². The van der Waals surface area contributed by atoms with Crippen molar-refractivity contribution in [1.82, 2.24) is 9.78 Å². The summed E-state index contributed by atoms with van der Waals surface area (Å²) in [5.74, 6) is -0.571. The number of thiocarbonyl (C=S) groups is 1. The van der Waals surface area contributed by atoms with E-state index in [1.165, 1.54) is 0 Å². The number of hydrogen-bond donors (Lipinski definition) is 2. The molecular formula is C12H12N4OS. The lowest BCUT2D eigenvalue weighted by atomic mass is 10.1. The summed E-state index contributed by atoms with van der Waals surface area (Å²) in [6, 6.07) is 7.19. The van der Waals surface area contributed by atoms with Gasteiger partial charge in [-0.3, -0.25) is 4.79 Å². The van der Waals surface area contributed by atoms with Crippen molar-refractivity contribution in [2.45, 2.75) is 6.92 Å². The van der Waals surface area contributed by atoms with E-state index >= 15 is 0 Å². The first-order chi connectivity index (χ1) is 8.49. The molecular weight excluding hydrogens is 248 g/mol. The summed E-state index contributed by atoms with van der Waals surface area (Å²) in [5, 5.41) is 4.09. The van der Waals surface area contributed by atoms with E-state index in [-0.39, 0.29) is 10.7 Å². The molecule has 0 atom stereocenters. The standard InChI is InChI=1S/C12H12N4OS/c1-7-2-3-8(12(14)18)10(6-7)16-5-4-9(15-16)11(13)17/h2-6H,1H3,(H2,13,17)(H2,14,18). The molecule has 0 spiro atoms. The summed E-state index contributed by atoms with van der Waals surface area (Å²) in [7, 11) is 0. The third-order valence-corrected chi connectivity index (χ3v) is 2.73. The fourth-order valence-corrected chi connectivity index (χ4v) is 1.80. The van der Waals surface area contributed by atoms with Crippen LogP contribution in [0.3, 0.4) is 0 Å². The molecule has 0 aliphatic heterocycles. The third kappa shape index (κ3) is 2.23. The quantitative estimate of drug-likeness (QED) is 0.803. The highest BCUT2D eigenvalue weighted by Gasteiger charge is 2.11. The SMILES string of the molecule is Cc1ccc(C(N)=S)c(-n2ccc(C(N)=O)n2)c1. The van der Waals surface area contributed by atoms with Gasteiger partial charge in [-0.05, 0) is 30.7 Å². The van der Waals surface area contributed by atoms with Crippen LogP contribution in [-0.2, 0) is 0 Å². The molecule has 0 fully saturated rings. The Morgan fingerprint density at radius 2 is 2.06 bits per heavy atom. The van der Waals surface area contributed by atoms with Crippen LogP contribution in [0.25, 0.3) is 5.69 Å². The summed E-state index contributed by atoms with van der Waals surface area (Å²) >= 11 is 5.00. The zero-order valence-electron chi connectivity index (χ0n) is 9.75. The zero-order chi connectivity index (χ0) is 13.3. The number of benzene rings is 1. The van der Waals surface area contributed by atoms with Crippen molar-refractivity contribution < 1.29 is 4.79 Å². The molecule has 1 aromatic heterocycles. The number of amides is 1. The van der Waals surface area contributed by atoms with Crippen LogP contribution in [0.15, 0.2) is 30.5 Å². The summed E-state index contributed by atoms with van der Waals surface area (Å²) in [6.45, 7) is 1.95. The van der Waals surface area contributed by atoms with E-state index in [2.05, 4.69) is 5.10 Å². The van der Waals surface area contributed by atoms with Crippen LogP contribution in [0, 0.1) is 6.92 Å². The highest BCUT2D eigenvalue weighted by atomic mass is 32.1. The maximum absolute atomic E-state index is 11.0. The van der Waals surface area contributed by atoms with Crippen LogP contribution >= 0.6 is 12.2 Å². The average molecular weight is 260 g/mol. The first-order valence-electron chi connectivity index (χ1n) is 5.25. The number of carbonyl (C=O) groups is 1. The lowest BCUT2D eigenvalue weighted by Crippen LogP contribution is -2.15. The molecule has 0 radical (unpaired) electrons. The van der Waals surface area contributed by atoms with Gasteiger partial charge in [-0.15, -0.1) is 0 Å². The molecule has 0 unspecified atom stereocenters. The molecule has 6 heteroatoms. The van der Waals surface area contributed by atoms with Gasteiger partial charge in [0.25, 0.3) is 5.91 Å². The largest absolute Gasteiger partial charge is 0.389 e. The van der Waals surface area contributed by atoms with Gasteiger partial charge in [-0.2, -0.15) is 5.10 Å². The molecule has 0 bridgehead atoms. The second-order valence-corrected chi connectivity index (χ2v) is 4.33. The van der Waals surface area contributed by atoms with Gasteiger partial charge in [-0.25, -0.2) is 4.68 Å². The Morgan fingerprint density at radius 1 is 1.33 bits per heavy atom. The van der Waals surface area contributed by atoms with Crippen molar-refractivity contribution in [2.75, 3.05) is 0 Å². The highest BCUT2D eigenvalue weighted by molar-refractivity contribution is 7.80. The second kappa shape index (κ2) is 4.58. The van der Waals surface area contributed by atoms with Crippen molar-refractivity contribution in [3.63, 3.8) is 0 Å². The Balaban J connectivity index is 2.57. The van der Waals surface area contributed by atoms with E-state index in [0.29, 0.717) is 5.56 Å². The van der Waals surface area contributed by atoms with Gasteiger partial charge in [-0.1, -0.05) is 18.3 Å². The third-order valence-electron chi connectivity index (χ3n) is 2.51. The van der Waals surface area contributed by atoms with Crippen molar-refractivity contribution in [3.05, 3.63) is 47.3 Å². The Morgan fingerprint density at radius 3 is 2.61 bits per heavy atom. The van der Waals surface area contributed by atoms with E-state index < -0.39 is 5.91 Å². The van der Waals surface area contributed by atoms with Crippen molar-refractivity contribution in [1.29, 1.82) is 0 Å². The molecule has 0 aliphatic rings. The van der Waals surface area contributed by atoms with Crippen LogP contribution < -0.4 is 11.5 Å². The summed E-state index contributed by atoms with van der Waals surface area (Å²) in [5.41, 5.74) is 13.5. The van der Waals surface area contributed by atoms with Gasteiger partial charge in [0.1, 0.15) is 10.7 Å². The zero-order valence-corrected chi connectivity index (χ0v) is 10.6. The molecule has 0 saturated heterocycles. The lowest BCUT2D eigenvalue weighted by molar-refractivity contribution is 0.0995. The minimum atomic E-state index is -0.571. The van der Waals surface area contributed by atoms with Crippen LogP contribution in [0.5, 0.6) is 0 Å². The molecule has 92 valence electrons. The van der Waals surface area contributed by atoms with Crippen LogP contribution in [0.4, 0.5) is 0 Å². The Hall–Kier alpha value is -2.21. The number of primary amides is 1. The predicted molar refractivity (Wildman–Crippen MR) is 72.7 cm³/mol. The van der Waals surface area contributed by atoms with Gasteiger partial charge in [0, 0.05) is 11.8 Å². The van der Waals surface area contributed by atoms with Crippen molar-refractivity contribution >= 4 is 23.1 Å². The molecule has 18 heavy (non-hydrogen) atoms. The number of nitrogens with zero attached hydrogens (tertiary/aromatic N) is 2. The predicted octanol–water partition coefficient (Wildman–Crippen LogP) is 0.914. The van der Waals surface area contributed by atoms with Gasteiger partial charge in [0.15, 0.2) is 0 Å². The average Bonchev–Trinajstić information content (AvgIpc) is 2.77. The monoisotopic (exact) mass is 260 g/mol. The van der Waals surface area contributed by atoms with Crippen molar-refractivity contribution in [2.24, 2.45) is 11.5 Å². The lowest BCUT2D eigenvalue weighted by Gasteiger charge is -2.09. The first-order valence-corrected chi connectivity index (χ1v) is 5.66. The number of hydrogen-bond acceptors (Lipinski definition) is 3. The Labute approximate surface area is 109 Å². The molecule has 1 heterocycles. The molecule has 0 aliphatic carbocycles. The number of rotatable bonds is 3. The molecule has 1 aromatic carbocycles. The minimum absolute atomic E-state index is 0.199. The molecule has 0 saturated carbocycles. The van der Waals surface area contributed by atoms with Crippen molar-refractivity contribution in [3.8, 4) is 5.69 Å². The molecule has 5 nitrogen and oxygen atoms in total. The van der Waals surface area contributed by atoms with Gasteiger partial charge in [0.2, 0.25) is 0 Å². The first kappa shape index (κ1) is 12.3. The summed E-state index contributed by atoms with van der Waals surface area (Å²) in [6.07, 6.45) is 1.65. The van der Waals surface area contributed by atoms with E-state index in [0.717, 1.165) is 11.3 Å². The fraction of sp³-hybridized carbons (Fsp3) is 0.0833. The number of aromatic nitrogens is 2. The highest BCUT2D eigenvalue weighted by Crippen LogP contribution is 2.16. The molecule has 2 aromatic rings. The van der Waals surface area contributed by atoms with Crippen LogP contribution in [-0.4, -0.2) is 20.7 Å². The number of aryl methyl sites for hydroxylation is 1. The van der Waals surface area contributed by atoms with E-state index in [9.17, 15) is 4.79 Å². The summed E-state index contributed by atoms with van der Waals surface area (Å²) < 4.78 is 1.54. The normalized spacial score (nSPS) is 10.3. The molecule has 1 amide bonds. The smallest absolute Gasteiger partial charge is 0.269 e. The Bertz CT molecular complexity index is 633. The Kier molecular flexibility index (Phi) is 3.12. The van der Waals surface area contributed by atoms with E-state index in [1.807, 2.05) is 25.1 Å². The van der Waals surface area contributed by atoms with E-state index in [1.54, 1.807) is 16.9 Å². The fourth-order valence-electron chi connectivity index (χ4n) is 1.63. The number of carbonyl (C=O) groups excluding carboxylic acids is 1. The number of nitrogens with two attached hydrogens (primary N) is 2. The molecule has 4 N–H and O–H groups in total. The summed E-state index contributed by atoms with van der Waals surface area (Å²) in [4.78, 5) is 11.3. The van der Waals surface area contributed by atoms with Crippen LogP contribution in [0.1, 0.15) is 21.6 Å². The van der Waals surface area contributed by atoms with Gasteiger partial charge >= 0.3 is 0 Å².